The maximum atomic E-state index is 12.2. The van der Waals surface area contributed by atoms with Gasteiger partial charge >= 0.3 is 5.97 Å². The van der Waals surface area contributed by atoms with Crippen molar-refractivity contribution < 1.29 is 14.3 Å². The highest BCUT2D eigenvalue weighted by atomic mass is 16.5. The van der Waals surface area contributed by atoms with Gasteiger partial charge in [0, 0.05) is 5.56 Å². The van der Waals surface area contributed by atoms with E-state index >= 15 is 0 Å². The average molecular weight is 354 g/mol. The highest BCUT2D eigenvalue weighted by Gasteiger charge is 2.21. The molecule has 0 bridgehead atoms. The van der Waals surface area contributed by atoms with E-state index in [1.165, 1.54) is 0 Å². The minimum atomic E-state index is -0.343. The first-order valence-electron chi connectivity index (χ1n) is 8.76. The second-order valence-electron chi connectivity index (χ2n) is 6.21. The molecule has 0 amide bonds. The second-order valence-corrected chi connectivity index (χ2v) is 6.21. The summed E-state index contributed by atoms with van der Waals surface area (Å²) >= 11 is 0. The van der Waals surface area contributed by atoms with Crippen molar-refractivity contribution in [3.8, 4) is 5.75 Å². The van der Waals surface area contributed by atoms with Gasteiger partial charge in [-0.2, -0.15) is 0 Å². The molecule has 132 valence electrons. The molecule has 3 nitrogen and oxygen atoms in total. The van der Waals surface area contributed by atoms with Gasteiger partial charge in [-0.25, -0.2) is 4.79 Å². The molecule has 0 N–H and O–H groups in total. The van der Waals surface area contributed by atoms with E-state index in [-0.39, 0.29) is 5.97 Å². The van der Waals surface area contributed by atoms with E-state index in [0.29, 0.717) is 17.9 Å². The zero-order chi connectivity index (χ0) is 18.5. The summed E-state index contributed by atoms with van der Waals surface area (Å²) in [4.78, 5) is 12.2. The Morgan fingerprint density at radius 3 is 2.37 bits per heavy atom. The van der Waals surface area contributed by atoms with Crippen LogP contribution in [0.2, 0.25) is 0 Å². The molecule has 0 atom stereocenters. The summed E-state index contributed by atoms with van der Waals surface area (Å²) in [6, 6.07) is 27.3. The smallest absolute Gasteiger partial charge is 0.343 e. The Morgan fingerprint density at radius 2 is 1.59 bits per heavy atom. The van der Waals surface area contributed by atoms with Crippen LogP contribution < -0.4 is 4.74 Å². The fraction of sp³-hybridized carbons (Fsp3) is 0.0417. The largest absolute Gasteiger partial charge is 0.489 e. The van der Waals surface area contributed by atoms with Gasteiger partial charge in [0.15, 0.2) is 0 Å². The molecule has 0 aliphatic carbocycles. The quantitative estimate of drug-likeness (QED) is 0.464. The standard InChI is InChI=1S/C24H18O3/c25-24-21(16-23(27-24)20-11-5-2-6-12-20)14-19-10-7-13-22(15-19)26-17-18-8-3-1-4-9-18/h1-16H,17H2/b21-14+. The van der Waals surface area contributed by atoms with Crippen LogP contribution in [0.5, 0.6) is 5.75 Å². The molecule has 0 unspecified atom stereocenters. The Bertz CT molecular complexity index is 1000. The van der Waals surface area contributed by atoms with E-state index < -0.39 is 0 Å². The maximum Gasteiger partial charge on any atom is 0.343 e. The molecule has 3 aromatic carbocycles. The number of carbonyl (C=O) groups excluding carboxylic acids is 1. The molecule has 1 aliphatic rings. The Morgan fingerprint density at radius 1 is 0.852 bits per heavy atom. The molecule has 4 rings (SSSR count). The van der Waals surface area contributed by atoms with Crippen LogP contribution in [-0.2, 0) is 16.1 Å². The molecule has 1 aliphatic heterocycles. The number of carbonyl (C=O) groups is 1. The minimum absolute atomic E-state index is 0.343. The number of hydrogen-bond donors (Lipinski definition) is 0. The second kappa shape index (κ2) is 7.75. The molecule has 0 spiro atoms. The maximum absolute atomic E-state index is 12.2. The molecule has 3 heteroatoms. The first-order chi connectivity index (χ1) is 13.3. The Kier molecular flexibility index (Phi) is 4.84. The van der Waals surface area contributed by atoms with E-state index in [9.17, 15) is 4.79 Å². The number of rotatable bonds is 5. The Labute approximate surface area is 158 Å². The lowest BCUT2D eigenvalue weighted by molar-refractivity contribution is -0.130. The summed E-state index contributed by atoms with van der Waals surface area (Å²) in [6.07, 6.45) is 3.59. The van der Waals surface area contributed by atoms with Crippen molar-refractivity contribution in [1.82, 2.24) is 0 Å². The van der Waals surface area contributed by atoms with Crippen molar-refractivity contribution in [2.75, 3.05) is 0 Å². The van der Waals surface area contributed by atoms with Gasteiger partial charge in [0.25, 0.3) is 0 Å². The number of esters is 1. The predicted octanol–water partition coefficient (Wildman–Crippen LogP) is 5.25. The highest BCUT2D eigenvalue weighted by Crippen LogP contribution is 2.28. The summed E-state index contributed by atoms with van der Waals surface area (Å²) < 4.78 is 11.2. The van der Waals surface area contributed by atoms with E-state index in [2.05, 4.69) is 0 Å². The summed E-state index contributed by atoms with van der Waals surface area (Å²) in [7, 11) is 0. The van der Waals surface area contributed by atoms with Gasteiger partial charge in [0.05, 0.1) is 5.57 Å². The van der Waals surface area contributed by atoms with Gasteiger partial charge < -0.3 is 9.47 Å². The van der Waals surface area contributed by atoms with Crippen LogP contribution in [0, 0.1) is 0 Å². The first kappa shape index (κ1) is 16.9. The third kappa shape index (κ3) is 4.15. The monoisotopic (exact) mass is 354 g/mol. The van der Waals surface area contributed by atoms with Gasteiger partial charge in [-0.1, -0.05) is 72.8 Å². The fourth-order valence-corrected chi connectivity index (χ4v) is 2.85. The van der Waals surface area contributed by atoms with E-state index in [0.717, 1.165) is 22.4 Å². The van der Waals surface area contributed by atoms with Crippen molar-refractivity contribution in [3.05, 3.63) is 113 Å². The van der Waals surface area contributed by atoms with Crippen molar-refractivity contribution in [1.29, 1.82) is 0 Å². The molecular weight excluding hydrogens is 336 g/mol. The van der Waals surface area contributed by atoms with Crippen LogP contribution in [-0.4, -0.2) is 5.97 Å². The van der Waals surface area contributed by atoms with Crippen LogP contribution >= 0.6 is 0 Å². The summed E-state index contributed by atoms with van der Waals surface area (Å²) in [5.74, 6) is 0.986. The zero-order valence-corrected chi connectivity index (χ0v) is 14.7. The van der Waals surface area contributed by atoms with Crippen LogP contribution in [0.1, 0.15) is 16.7 Å². The van der Waals surface area contributed by atoms with Gasteiger partial charge in [-0.3, -0.25) is 0 Å². The lowest BCUT2D eigenvalue weighted by Crippen LogP contribution is -1.97. The molecule has 0 aromatic heterocycles. The topological polar surface area (TPSA) is 35.5 Å². The highest BCUT2D eigenvalue weighted by molar-refractivity contribution is 6.05. The average Bonchev–Trinajstić information content (AvgIpc) is 3.09. The Hall–Kier alpha value is -3.59. The zero-order valence-electron chi connectivity index (χ0n) is 14.7. The third-order valence-electron chi connectivity index (χ3n) is 4.21. The molecule has 0 radical (unpaired) electrons. The fourth-order valence-electron chi connectivity index (χ4n) is 2.85. The molecular formula is C24H18O3. The number of benzene rings is 3. The number of hydrogen-bond acceptors (Lipinski definition) is 3. The van der Waals surface area contributed by atoms with Crippen molar-refractivity contribution in [2.24, 2.45) is 0 Å². The van der Waals surface area contributed by atoms with Crippen LogP contribution in [0.4, 0.5) is 0 Å². The SMILES string of the molecule is O=C1OC(c2ccccc2)=C/C1=C\c1cccc(OCc2ccccc2)c1. The number of ether oxygens (including phenoxy) is 2. The van der Waals surface area contributed by atoms with Crippen LogP contribution in [0.25, 0.3) is 11.8 Å². The molecule has 0 saturated heterocycles. The lowest BCUT2D eigenvalue weighted by Gasteiger charge is -2.07. The van der Waals surface area contributed by atoms with Gasteiger partial charge in [-0.05, 0) is 35.4 Å². The van der Waals surface area contributed by atoms with E-state index in [1.54, 1.807) is 6.08 Å². The summed E-state index contributed by atoms with van der Waals surface area (Å²) in [6.45, 7) is 0.501. The van der Waals surface area contributed by atoms with Gasteiger partial charge in [0.2, 0.25) is 0 Å². The van der Waals surface area contributed by atoms with Crippen molar-refractivity contribution in [3.63, 3.8) is 0 Å². The molecule has 0 fully saturated rings. The number of cyclic esters (lactones) is 1. The van der Waals surface area contributed by atoms with Crippen LogP contribution in [0.3, 0.4) is 0 Å². The van der Waals surface area contributed by atoms with E-state index in [4.69, 9.17) is 9.47 Å². The van der Waals surface area contributed by atoms with Gasteiger partial charge in [0.1, 0.15) is 18.1 Å². The van der Waals surface area contributed by atoms with Crippen molar-refractivity contribution >= 4 is 17.8 Å². The molecule has 0 saturated carbocycles. The minimum Gasteiger partial charge on any atom is -0.489 e. The third-order valence-corrected chi connectivity index (χ3v) is 4.21. The predicted molar refractivity (Wildman–Crippen MR) is 106 cm³/mol. The van der Waals surface area contributed by atoms with E-state index in [1.807, 2.05) is 91.0 Å². The van der Waals surface area contributed by atoms with Crippen molar-refractivity contribution in [2.45, 2.75) is 6.61 Å². The van der Waals surface area contributed by atoms with Gasteiger partial charge in [-0.15, -0.1) is 0 Å². The van der Waals surface area contributed by atoms with Crippen LogP contribution in [0.15, 0.2) is 96.6 Å². The Balaban J connectivity index is 1.52. The molecule has 3 aromatic rings. The summed E-state index contributed by atoms with van der Waals surface area (Å²) in [5.41, 5.74) is 3.40. The normalized spacial score (nSPS) is 14.7. The first-order valence-corrected chi connectivity index (χ1v) is 8.76. The lowest BCUT2D eigenvalue weighted by atomic mass is 10.1. The summed E-state index contributed by atoms with van der Waals surface area (Å²) in [5, 5.41) is 0. The molecule has 27 heavy (non-hydrogen) atoms. The molecule has 1 heterocycles.